The first-order valence-corrected chi connectivity index (χ1v) is 3.86. The summed E-state index contributed by atoms with van der Waals surface area (Å²) in [5, 5.41) is 10.6. The van der Waals surface area contributed by atoms with Gasteiger partial charge in [-0.15, -0.1) is 0 Å². The molecule has 0 atom stereocenters. The average molecular weight is 169 g/mol. The molecule has 1 aromatic heterocycles. The molecular weight excluding hydrogens is 162 g/mol. The summed E-state index contributed by atoms with van der Waals surface area (Å²) in [6, 6.07) is 11.3. The number of aromatic nitrogens is 1. The van der Waals surface area contributed by atoms with Crippen LogP contribution in [-0.4, -0.2) is 4.98 Å². The predicted molar refractivity (Wildman–Crippen MR) is 50.9 cm³/mol. The molecule has 0 aliphatic carbocycles. The van der Waals surface area contributed by atoms with Gasteiger partial charge in [-0.25, -0.2) is 4.98 Å². The molecule has 0 unspecified atom stereocenters. The Morgan fingerprint density at radius 3 is 2.85 bits per heavy atom. The fourth-order valence-electron chi connectivity index (χ4n) is 1.30. The zero-order valence-corrected chi connectivity index (χ0v) is 6.86. The van der Waals surface area contributed by atoms with Gasteiger partial charge in [-0.1, -0.05) is 24.3 Å². The second kappa shape index (κ2) is 2.76. The van der Waals surface area contributed by atoms with Gasteiger partial charge in [0.25, 0.3) is 0 Å². The fraction of sp³-hybridized carbons (Fsp3) is 0. The number of rotatable bonds is 0. The second-order valence-electron chi connectivity index (χ2n) is 2.73. The lowest BCUT2D eigenvalue weighted by atomic mass is 10.1. The number of nitriles is 1. The van der Waals surface area contributed by atoms with Gasteiger partial charge in [0.2, 0.25) is 0 Å². The van der Waals surface area contributed by atoms with Gasteiger partial charge in [-0.3, -0.25) is 0 Å². The van der Waals surface area contributed by atoms with Gasteiger partial charge in [-0.2, -0.15) is 5.26 Å². The van der Waals surface area contributed by atoms with Gasteiger partial charge in [0.15, 0.2) is 5.69 Å². The number of anilines is 1. The standard InChI is InChI=1S/C10H7N3/c11-6-9-8-4-2-1-3-7(8)5-10(12)13-9/h1-5H,(H2,12,13). The predicted octanol–water partition coefficient (Wildman–Crippen LogP) is 1.69. The van der Waals surface area contributed by atoms with E-state index in [1.165, 1.54) is 0 Å². The molecule has 62 valence electrons. The third-order valence-corrected chi connectivity index (χ3v) is 1.87. The van der Waals surface area contributed by atoms with Crippen molar-refractivity contribution in [3.8, 4) is 6.07 Å². The van der Waals surface area contributed by atoms with Crippen LogP contribution in [0.25, 0.3) is 10.8 Å². The number of hydrogen-bond acceptors (Lipinski definition) is 3. The second-order valence-corrected chi connectivity index (χ2v) is 2.73. The molecule has 3 heteroatoms. The van der Waals surface area contributed by atoms with Gasteiger partial charge in [0.1, 0.15) is 11.9 Å². The molecule has 0 saturated heterocycles. The van der Waals surface area contributed by atoms with E-state index < -0.39 is 0 Å². The summed E-state index contributed by atoms with van der Waals surface area (Å²) in [5.74, 6) is 0.384. The van der Waals surface area contributed by atoms with Crippen molar-refractivity contribution in [2.24, 2.45) is 0 Å². The molecule has 3 nitrogen and oxygen atoms in total. The summed E-state index contributed by atoms with van der Waals surface area (Å²) < 4.78 is 0. The van der Waals surface area contributed by atoms with E-state index in [2.05, 4.69) is 4.98 Å². The van der Waals surface area contributed by atoms with Crippen molar-refractivity contribution in [1.82, 2.24) is 4.98 Å². The van der Waals surface area contributed by atoms with Crippen LogP contribution in [0.1, 0.15) is 5.69 Å². The third kappa shape index (κ3) is 1.18. The highest BCUT2D eigenvalue weighted by molar-refractivity contribution is 5.88. The van der Waals surface area contributed by atoms with E-state index >= 15 is 0 Å². The summed E-state index contributed by atoms with van der Waals surface area (Å²) in [7, 11) is 0. The first kappa shape index (κ1) is 7.56. The largest absolute Gasteiger partial charge is 0.384 e. The van der Waals surface area contributed by atoms with Crippen LogP contribution >= 0.6 is 0 Å². The molecule has 0 saturated carbocycles. The van der Waals surface area contributed by atoms with Gasteiger partial charge >= 0.3 is 0 Å². The minimum atomic E-state index is 0.384. The number of benzene rings is 1. The van der Waals surface area contributed by atoms with Crippen molar-refractivity contribution in [2.45, 2.75) is 0 Å². The Morgan fingerprint density at radius 1 is 1.31 bits per heavy atom. The van der Waals surface area contributed by atoms with Crippen LogP contribution in [0.15, 0.2) is 30.3 Å². The van der Waals surface area contributed by atoms with E-state index in [-0.39, 0.29) is 0 Å². The summed E-state index contributed by atoms with van der Waals surface area (Å²) in [4.78, 5) is 3.94. The van der Waals surface area contributed by atoms with Crippen LogP contribution in [0.5, 0.6) is 0 Å². The Balaban J connectivity index is 2.91. The Kier molecular flexibility index (Phi) is 1.60. The maximum absolute atomic E-state index is 8.79. The monoisotopic (exact) mass is 169 g/mol. The molecule has 1 aromatic carbocycles. The van der Waals surface area contributed by atoms with Crippen molar-refractivity contribution in [1.29, 1.82) is 5.26 Å². The summed E-state index contributed by atoms with van der Waals surface area (Å²) >= 11 is 0. The molecule has 0 aliphatic rings. The lowest BCUT2D eigenvalue weighted by Gasteiger charge is -1.99. The van der Waals surface area contributed by atoms with Crippen molar-refractivity contribution in [3.05, 3.63) is 36.0 Å². The molecule has 0 amide bonds. The zero-order valence-electron chi connectivity index (χ0n) is 6.86. The molecule has 0 bridgehead atoms. The molecule has 0 aliphatic heterocycles. The first-order valence-electron chi connectivity index (χ1n) is 3.86. The van der Waals surface area contributed by atoms with Crippen LogP contribution in [0.4, 0.5) is 5.82 Å². The maximum Gasteiger partial charge on any atom is 0.150 e. The first-order chi connectivity index (χ1) is 6.31. The number of nitrogens with two attached hydrogens (primary N) is 1. The van der Waals surface area contributed by atoms with Gasteiger partial charge in [-0.05, 0) is 11.5 Å². The Morgan fingerprint density at radius 2 is 2.08 bits per heavy atom. The minimum absolute atomic E-state index is 0.384. The zero-order chi connectivity index (χ0) is 9.26. The summed E-state index contributed by atoms with van der Waals surface area (Å²) in [5.41, 5.74) is 5.92. The number of fused-ring (bicyclic) bond motifs is 1. The quantitative estimate of drug-likeness (QED) is 0.652. The SMILES string of the molecule is N#Cc1nc(N)cc2ccccc12. The minimum Gasteiger partial charge on any atom is -0.384 e. The Bertz CT molecular complexity index is 497. The molecule has 2 N–H and O–H groups in total. The van der Waals surface area contributed by atoms with E-state index in [0.29, 0.717) is 11.5 Å². The normalized spacial score (nSPS) is 9.77. The average Bonchev–Trinajstić information content (AvgIpc) is 2.16. The van der Waals surface area contributed by atoms with Crippen molar-refractivity contribution < 1.29 is 0 Å². The number of hydrogen-bond donors (Lipinski definition) is 1. The van der Waals surface area contributed by atoms with Gasteiger partial charge in [0, 0.05) is 5.39 Å². The summed E-state index contributed by atoms with van der Waals surface area (Å²) in [6.45, 7) is 0. The van der Waals surface area contributed by atoms with Crippen molar-refractivity contribution >= 4 is 16.6 Å². The summed E-state index contributed by atoms with van der Waals surface area (Å²) in [6.07, 6.45) is 0. The lowest BCUT2D eigenvalue weighted by Crippen LogP contribution is -1.93. The van der Waals surface area contributed by atoms with Crippen molar-refractivity contribution in [2.75, 3.05) is 5.73 Å². The molecule has 13 heavy (non-hydrogen) atoms. The lowest BCUT2D eigenvalue weighted by molar-refractivity contribution is 1.30. The van der Waals surface area contributed by atoms with E-state index in [4.69, 9.17) is 11.0 Å². The topological polar surface area (TPSA) is 62.7 Å². The van der Waals surface area contributed by atoms with Crippen LogP contribution in [0, 0.1) is 11.3 Å². The molecule has 0 spiro atoms. The highest BCUT2D eigenvalue weighted by atomic mass is 14.8. The number of pyridine rings is 1. The molecule has 0 radical (unpaired) electrons. The van der Waals surface area contributed by atoms with Crippen molar-refractivity contribution in [3.63, 3.8) is 0 Å². The van der Waals surface area contributed by atoms with E-state index in [1.807, 2.05) is 30.3 Å². The van der Waals surface area contributed by atoms with Crippen LogP contribution in [0.3, 0.4) is 0 Å². The van der Waals surface area contributed by atoms with Crippen LogP contribution < -0.4 is 5.73 Å². The highest BCUT2D eigenvalue weighted by Crippen LogP contribution is 2.18. The van der Waals surface area contributed by atoms with Crippen LogP contribution in [-0.2, 0) is 0 Å². The molecule has 1 heterocycles. The van der Waals surface area contributed by atoms with E-state index in [9.17, 15) is 0 Å². The molecule has 2 rings (SSSR count). The molecule has 2 aromatic rings. The molecule has 0 fully saturated rings. The van der Waals surface area contributed by atoms with E-state index in [0.717, 1.165) is 10.8 Å². The number of nitrogen functional groups attached to an aromatic ring is 1. The Labute approximate surface area is 75.4 Å². The van der Waals surface area contributed by atoms with Gasteiger partial charge < -0.3 is 5.73 Å². The smallest absolute Gasteiger partial charge is 0.150 e. The highest BCUT2D eigenvalue weighted by Gasteiger charge is 2.01. The van der Waals surface area contributed by atoms with Gasteiger partial charge in [0.05, 0.1) is 0 Å². The third-order valence-electron chi connectivity index (χ3n) is 1.87. The number of nitrogens with zero attached hydrogens (tertiary/aromatic N) is 2. The molecular formula is C10H7N3. The van der Waals surface area contributed by atoms with E-state index in [1.54, 1.807) is 6.07 Å². The maximum atomic E-state index is 8.79. The Hall–Kier alpha value is -2.08. The fourth-order valence-corrected chi connectivity index (χ4v) is 1.30. The van der Waals surface area contributed by atoms with Crippen LogP contribution in [0.2, 0.25) is 0 Å².